The van der Waals surface area contributed by atoms with Gasteiger partial charge in [-0.3, -0.25) is 14.2 Å². The van der Waals surface area contributed by atoms with E-state index in [0.29, 0.717) is 10.6 Å². The highest BCUT2D eigenvalue weighted by Crippen LogP contribution is 2.30. The standard InChI is InChI=1S/C20H12ClF3N4O2/c21-15-6-3-13(9-25)17(7-15)27-18(29)10-28-11-26-16(8-19(28)30)12-1-4-14(5-2-12)20(22,23)24/h1-8,11H,10H2,(H,27,29). The van der Waals surface area contributed by atoms with E-state index in [-0.39, 0.29) is 23.5 Å². The Kier molecular flexibility index (Phi) is 5.89. The van der Waals surface area contributed by atoms with Crippen LogP contribution < -0.4 is 10.9 Å². The van der Waals surface area contributed by atoms with Gasteiger partial charge in [-0.05, 0) is 30.3 Å². The Morgan fingerprint density at radius 1 is 1.17 bits per heavy atom. The summed E-state index contributed by atoms with van der Waals surface area (Å²) in [5.74, 6) is -0.583. The van der Waals surface area contributed by atoms with Crippen molar-refractivity contribution in [2.24, 2.45) is 0 Å². The third-order valence-corrected chi connectivity index (χ3v) is 4.31. The maximum Gasteiger partial charge on any atom is 0.416 e. The second-order valence-electron chi connectivity index (χ2n) is 6.17. The van der Waals surface area contributed by atoms with Gasteiger partial charge in [-0.2, -0.15) is 18.4 Å². The lowest BCUT2D eigenvalue weighted by Crippen LogP contribution is -2.27. The summed E-state index contributed by atoms with van der Waals surface area (Å²) in [5.41, 5.74) is -0.467. The Balaban J connectivity index is 1.76. The topological polar surface area (TPSA) is 87.8 Å². The zero-order chi connectivity index (χ0) is 21.9. The molecule has 2 aromatic carbocycles. The molecule has 0 unspecified atom stereocenters. The van der Waals surface area contributed by atoms with Crippen molar-refractivity contribution >= 4 is 23.2 Å². The molecule has 1 aromatic heterocycles. The lowest BCUT2D eigenvalue weighted by Gasteiger charge is -2.10. The average molecular weight is 433 g/mol. The molecule has 0 saturated heterocycles. The van der Waals surface area contributed by atoms with E-state index in [1.807, 2.05) is 6.07 Å². The highest BCUT2D eigenvalue weighted by molar-refractivity contribution is 6.31. The molecular weight excluding hydrogens is 421 g/mol. The molecular formula is C20H12ClF3N4O2. The van der Waals surface area contributed by atoms with Crippen molar-refractivity contribution in [2.75, 3.05) is 5.32 Å². The van der Waals surface area contributed by atoms with Crippen LogP contribution in [0.5, 0.6) is 0 Å². The van der Waals surface area contributed by atoms with Crippen molar-refractivity contribution < 1.29 is 18.0 Å². The number of carbonyl (C=O) groups is 1. The normalized spacial score (nSPS) is 11.0. The van der Waals surface area contributed by atoms with Crippen molar-refractivity contribution in [3.05, 3.63) is 81.4 Å². The molecule has 0 saturated carbocycles. The minimum atomic E-state index is -4.46. The predicted molar refractivity (Wildman–Crippen MR) is 104 cm³/mol. The first kappa shape index (κ1) is 21.1. The van der Waals surface area contributed by atoms with Crippen molar-refractivity contribution in [1.82, 2.24) is 9.55 Å². The number of carbonyl (C=O) groups excluding carboxylic acids is 1. The Hall–Kier alpha value is -3.64. The molecule has 0 aliphatic carbocycles. The van der Waals surface area contributed by atoms with Crippen LogP contribution in [0.15, 0.2) is 59.7 Å². The summed E-state index contributed by atoms with van der Waals surface area (Å²) in [5, 5.41) is 11.9. The molecule has 0 fully saturated rings. The van der Waals surface area contributed by atoms with Gasteiger partial charge in [0.2, 0.25) is 5.91 Å². The number of alkyl halides is 3. The van der Waals surface area contributed by atoms with Gasteiger partial charge < -0.3 is 5.32 Å². The fourth-order valence-corrected chi connectivity index (χ4v) is 2.77. The van der Waals surface area contributed by atoms with Gasteiger partial charge in [0.05, 0.1) is 28.8 Å². The molecule has 1 N–H and O–H groups in total. The second kappa shape index (κ2) is 8.39. The number of halogens is 4. The third kappa shape index (κ3) is 4.85. The molecule has 0 radical (unpaired) electrons. The largest absolute Gasteiger partial charge is 0.416 e. The van der Waals surface area contributed by atoms with Crippen molar-refractivity contribution in [3.8, 4) is 17.3 Å². The molecule has 3 rings (SSSR count). The summed E-state index contributed by atoms with van der Waals surface area (Å²) in [6.45, 7) is -0.378. The van der Waals surface area contributed by atoms with E-state index >= 15 is 0 Å². The summed E-state index contributed by atoms with van der Waals surface area (Å²) in [6.07, 6.45) is -3.34. The smallest absolute Gasteiger partial charge is 0.323 e. The monoisotopic (exact) mass is 432 g/mol. The molecule has 0 aliphatic heterocycles. The van der Waals surface area contributed by atoms with Crippen LogP contribution in [0.2, 0.25) is 5.02 Å². The van der Waals surface area contributed by atoms with E-state index in [1.54, 1.807) is 0 Å². The summed E-state index contributed by atoms with van der Waals surface area (Å²) < 4.78 is 39.0. The maximum atomic E-state index is 12.7. The average Bonchev–Trinajstić information content (AvgIpc) is 2.69. The second-order valence-corrected chi connectivity index (χ2v) is 6.60. The number of benzene rings is 2. The summed E-state index contributed by atoms with van der Waals surface area (Å²) >= 11 is 5.86. The van der Waals surface area contributed by atoms with Crippen LogP contribution in [0.1, 0.15) is 11.1 Å². The number of nitrogens with one attached hydrogen (secondary N) is 1. The molecule has 6 nitrogen and oxygen atoms in total. The lowest BCUT2D eigenvalue weighted by molar-refractivity contribution is -0.137. The summed E-state index contributed by atoms with van der Waals surface area (Å²) in [7, 11) is 0. The summed E-state index contributed by atoms with van der Waals surface area (Å²) in [6, 6.07) is 11.6. The number of rotatable bonds is 4. The van der Waals surface area contributed by atoms with E-state index in [2.05, 4.69) is 10.3 Å². The minimum absolute atomic E-state index is 0.173. The van der Waals surface area contributed by atoms with Crippen LogP contribution in [0, 0.1) is 11.3 Å². The van der Waals surface area contributed by atoms with E-state index in [4.69, 9.17) is 16.9 Å². The Labute approximate surface area is 173 Å². The SMILES string of the molecule is N#Cc1ccc(Cl)cc1NC(=O)Cn1cnc(-c2ccc(C(F)(F)F)cc2)cc1=O. The van der Waals surface area contributed by atoms with Gasteiger partial charge >= 0.3 is 6.18 Å². The first-order chi connectivity index (χ1) is 14.2. The quantitative estimate of drug-likeness (QED) is 0.672. The predicted octanol–water partition coefficient (Wildman–Crippen LogP) is 4.09. The van der Waals surface area contributed by atoms with Crippen molar-refractivity contribution in [2.45, 2.75) is 12.7 Å². The van der Waals surface area contributed by atoms with Crippen LogP contribution in [-0.2, 0) is 17.5 Å². The Morgan fingerprint density at radius 3 is 2.47 bits per heavy atom. The molecule has 30 heavy (non-hydrogen) atoms. The van der Waals surface area contributed by atoms with E-state index in [9.17, 15) is 22.8 Å². The zero-order valence-corrected chi connectivity index (χ0v) is 15.8. The lowest BCUT2D eigenvalue weighted by atomic mass is 10.1. The highest BCUT2D eigenvalue weighted by atomic mass is 35.5. The molecule has 1 amide bonds. The maximum absolute atomic E-state index is 12.7. The number of amides is 1. The minimum Gasteiger partial charge on any atom is -0.323 e. The van der Waals surface area contributed by atoms with Crippen LogP contribution >= 0.6 is 11.6 Å². The van der Waals surface area contributed by atoms with Crippen LogP contribution in [0.25, 0.3) is 11.3 Å². The zero-order valence-electron chi connectivity index (χ0n) is 15.1. The fraction of sp³-hybridized carbons (Fsp3) is 0.100. The van der Waals surface area contributed by atoms with E-state index < -0.39 is 23.2 Å². The number of anilines is 1. The number of hydrogen-bond donors (Lipinski definition) is 1. The molecule has 0 spiro atoms. The first-order valence-corrected chi connectivity index (χ1v) is 8.79. The number of nitriles is 1. The summed E-state index contributed by atoms with van der Waals surface area (Å²) in [4.78, 5) is 28.6. The number of hydrogen-bond acceptors (Lipinski definition) is 4. The molecule has 10 heteroatoms. The van der Waals surface area contributed by atoms with Gasteiger partial charge in [-0.25, -0.2) is 4.98 Å². The molecule has 0 atom stereocenters. The van der Waals surface area contributed by atoms with Gasteiger partial charge in [0.15, 0.2) is 0 Å². The molecule has 1 heterocycles. The van der Waals surface area contributed by atoms with Gasteiger partial charge in [0, 0.05) is 16.7 Å². The van der Waals surface area contributed by atoms with Gasteiger partial charge in [-0.1, -0.05) is 23.7 Å². The van der Waals surface area contributed by atoms with Crippen LogP contribution in [-0.4, -0.2) is 15.5 Å². The molecule has 152 valence electrons. The number of aromatic nitrogens is 2. The van der Waals surface area contributed by atoms with E-state index in [0.717, 1.165) is 29.1 Å². The Bertz CT molecular complexity index is 1200. The van der Waals surface area contributed by atoms with Crippen LogP contribution in [0.4, 0.5) is 18.9 Å². The van der Waals surface area contributed by atoms with Gasteiger partial charge in [-0.15, -0.1) is 0 Å². The van der Waals surface area contributed by atoms with Crippen LogP contribution in [0.3, 0.4) is 0 Å². The van der Waals surface area contributed by atoms with Crippen molar-refractivity contribution in [3.63, 3.8) is 0 Å². The van der Waals surface area contributed by atoms with Crippen molar-refractivity contribution in [1.29, 1.82) is 5.26 Å². The van der Waals surface area contributed by atoms with Gasteiger partial charge in [0.1, 0.15) is 12.6 Å². The number of nitrogens with zero attached hydrogens (tertiary/aromatic N) is 3. The van der Waals surface area contributed by atoms with E-state index in [1.165, 1.54) is 30.3 Å². The molecule has 0 aliphatic rings. The fourth-order valence-electron chi connectivity index (χ4n) is 2.59. The van der Waals surface area contributed by atoms with Gasteiger partial charge in [0.25, 0.3) is 5.56 Å². The molecule has 3 aromatic rings. The Morgan fingerprint density at radius 2 is 1.87 bits per heavy atom. The highest BCUT2D eigenvalue weighted by Gasteiger charge is 2.30. The third-order valence-electron chi connectivity index (χ3n) is 4.08. The first-order valence-electron chi connectivity index (χ1n) is 8.41. The molecule has 0 bridgehead atoms.